The zero-order valence-corrected chi connectivity index (χ0v) is 7.62. The summed E-state index contributed by atoms with van der Waals surface area (Å²) in [5.41, 5.74) is 0. The predicted molar refractivity (Wildman–Crippen MR) is 48.0 cm³/mol. The maximum absolute atomic E-state index is 10.2. The predicted octanol–water partition coefficient (Wildman–Crippen LogP) is 1.51. The maximum atomic E-state index is 10.2. The number of thioether (sulfide) groups is 1. The van der Waals surface area contributed by atoms with E-state index in [4.69, 9.17) is 5.11 Å². The molecule has 0 bridgehead atoms. The second kappa shape index (κ2) is 5.92. The van der Waals surface area contributed by atoms with Crippen molar-refractivity contribution >= 4 is 30.4 Å². The molecule has 2 nitrogen and oxygen atoms in total. The molecule has 60 valence electrons. The first-order valence-electron chi connectivity index (χ1n) is 3.17. The fourth-order valence-electron chi connectivity index (χ4n) is 0.463. The standard InChI is InChI=1S/C6H12O2S2/c1-2-10-4-3-5(9)6(7)8/h5,9H,2-4H2,1H3,(H,7,8). The molecule has 0 aromatic rings. The number of aliphatic carboxylic acids is 1. The van der Waals surface area contributed by atoms with E-state index in [0.717, 1.165) is 11.5 Å². The molecule has 0 aliphatic heterocycles. The minimum Gasteiger partial charge on any atom is -0.480 e. The lowest BCUT2D eigenvalue weighted by molar-refractivity contribution is -0.136. The number of carboxylic acids is 1. The molecule has 1 N–H and O–H groups in total. The van der Waals surface area contributed by atoms with Crippen molar-refractivity contribution in [1.82, 2.24) is 0 Å². The van der Waals surface area contributed by atoms with Crippen molar-refractivity contribution in [2.75, 3.05) is 11.5 Å². The fourth-order valence-corrected chi connectivity index (χ4v) is 1.46. The van der Waals surface area contributed by atoms with Crippen LogP contribution in [0.3, 0.4) is 0 Å². The first-order chi connectivity index (χ1) is 4.68. The topological polar surface area (TPSA) is 37.3 Å². The fraction of sp³-hybridized carbons (Fsp3) is 0.833. The molecule has 0 aromatic heterocycles. The van der Waals surface area contributed by atoms with Gasteiger partial charge in [-0.05, 0) is 17.9 Å². The quantitative estimate of drug-likeness (QED) is 0.497. The van der Waals surface area contributed by atoms with Crippen LogP contribution in [-0.4, -0.2) is 27.8 Å². The van der Waals surface area contributed by atoms with Crippen molar-refractivity contribution in [3.63, 3.8) is 0 Å². The van der Waals surface area contributed by atoms with E-state index in [-0.39, 0.29) is 0 Å². The molecule has 0 fully saturated rings. The van der Waals surface area contributed by atoms with E-state index in [1.807, 2.05) is 0 Å². The molecule has 0 rings (SSSR count). The van der Waals surface area contributed by atoms with Gasteiger partial charge < -0.3 is 5.11 Å². The van der Waals surface area contributed by atoms with Crippen LogP contribution >= 0.6 is 24.4 Å². The number of rotatable bonds is 5. The van der Waals surface area contributed by atoms with Gasteiger partial charge in [0.15, 0.2) is 0 Å². The molecule has 1 unspecified atom stereocenters. The molecule has 0 aliphatic rings. The Morgan fingerprint density at radius 1 is 1.80 bits per heavy atom. The second-order valence-corrected chi connectivity index (χ2v) is 3.86. The lowest BCUT2D eigenvalue weighted by Crippen LogP contribution is -2.13. The van der Waals surface area contributed by atoms with Crippen LogP contribution < -0.4 is 0 Å². The molecule has 0 amide bonds. The summed E-state index contributed by atoms with van der Waals surface area (Å²) >= 11 is 5.63. The van der Waals surface area contributed by atoms with Crippen molar-refractivity contribution in [3.8, 4) is 0 Å². The third-order valence-corrected chi connectivity index (χ3v) is 2.44. The third kappa shape index (κ3) is 4.99. The Labute approximate surface area is 70.8 Å². The molecule has 0 radical (unpaired) electrons. The van der Waals surface area contributed by atoms with Crippen LogP contribution in [0.15, 0.2) is 0 Å². The van der Waals surface area contributed by atoms with Crippen LogP contribution in [0.5, 0.6) is 0 Å². The average Bonchev–Trinajstić information content (AvgIpc) is 1.88. The van der Waals surface area contributed by atoms with Crippen molar-refractivity contribution in [3.05, 3.63) is 0 Å². The molecular formula is C6H12O2S2. The number of thiol groups is 1. The SMILES string of the molecule is CCSCCC(S)C(=O)O. The molecular weight excluding hydrogens is 168 g/mol. The van der Waals surface area contributed by atoms with Crippen molar-refractivity contribution < 1.29 is 9.90 Å². The Hall–Kier alpha value is 0.170. The normalized spacial score (nSPS) is 13.0. The summed E-state index contributed by atoms with van der Waals surface area (Å²) in [4.78, 5) is 10.2. The summed E-state index contributed by atoms with van der Waals surface area (Å²) in [5.74, 6) is 1.11. The Bertz CT molecular complexity index is 106. The van der Waals surface area contributed by atoms with Gasteiger partial charge >= 0.3 is 5.97 Å². The van der Waals surface area contributed by atoms with E-state index >= 15 is 0 Å². The highest BCUT2D eigenvalue weighted by Gasteiger charge is 2.10. The summed E-state index contributed by atoms with van der Waals surface area (Å²) in [6, 6.07) is 0. The van der Waals surface area contributed by atoms with Gasteiger partial charge in [-0.25, -0.2) is 0 Å². The zero-order chi connectivity index (χ0) is 7.98. The van der Waals surface area contributed by atoms with Crippen LogP contribution in [0, 0.1) is 0 Å². The zero-order valence-electron chi connectivity index (χ0n) is 5.91. The van der Waals surface area contributed by atoms with Gasteiger partial charge in [-0.3, -0.25) is 4.79 Å². The largest absolute Gasteiger partial charge is 0.480 e. The van der Waals surface area contributed by atoms with Crippen LogP contribution in [0.1, 0.15) is 13.3 Å². The summed E-state index contributed by atoms with van der Waals surface area (Å²) in [7, 11) is 0. The van der Waals surface area contributed by atoms with Gasteiger partial charge in [-0.1, -0.05) is 6.92 Å². The van der Waals surface area contributed by atoms with Crippen molar-refractivity contribution in [2.45, 2.75) is 18.6 Å². The van der Waals surface area contributed by atoms with E-state index in [0.29, 0.717) is 6.42 Å². The van der Waals surface area contributed by atoms with Gasteiger partial charge in [0.25, 0.3) is 0 Å². The van der Waals surface area contributed by atoms with Gasteiger partial charge in [-0.2, -0.15) is 24.4 Å². The molecule has 0 saturated heterocycles. The lowest BCUT2D eigenvalue weighted by Gasteiger charge is -2.02. The minimum atomic E-state index is -0.819. The van der Waals surface area contributed by atoms with E-state index in [9.17, 15) is 4.79 Å². The third-order valence-electron chi connectivity index (χ3n) is 1.02. The number of hydrogen-bond acceptors (Lipinski definition) is 3. The van der Waals surface area contributed by atoms with Gasteiger partial charge in [0, 0.05) is 0 Å². The Morgan fingerprint density at radius 3 is 2.80 bits per heavy atom. The van der Waals surface area contributed by atoms with Crippen LogP contribution in [0.25, 0.3) is 0 Å². The second-order valence-electron chi connectivity index (χ2n) is 1.84. The first kappa shape index (κ1) is 10.2. The maximum Gasteiger partial charge on any atom is 0.316 e. The van der Waals surface area contributed by atoms with Crippen LogP contribution in [0.4, 0.5) is 0 Å². The molecule has 1 atom stereocenters. The number of carbonyl (C=O) groups is 1. The van der Waals surface area contributed by atoms with Crippen LogP contribution in [-0.2, 0) is 4.79 Å². The summed E-state index contributed by atoms with van der Waals surface area (Å²) in [6.07, 6.45) is 0.650. The smallest absolute Gasteiger partial charge is 0.316 e. The molecule has 0 spiro atoms. The summed E-state index contributed by atoms with van der Waals surface area (Å²) in [6.45, 7) is 2.05. The Balaban J connectivity index is 3.21. The molecule has 0 saturated carbocycles. The molecule has 0 heterocycles. The van der Waals surface area contributed by atoms with E-state index in [2.05, 4.69) is 19.6 Å². The summed E-state index contributed by atoms with van der Waals surface area (Å²) < 4.78 is 0. The minimum absolute atomic E-state index is 0.487. The van der Waals surface area contributed by atoms with E-state index in [1.54, 1.807) is 11.8 Å². The number of hydrogen-bond donors (Lipinski definition) is 2. The highest BCUT2D eigenvalue weighted by Crippen LogP contribution is 2.08. The van der Waals surface area contributed by atoms with Gasteiger partial charge in [0.1, 0.15) is 5.25 Å². The Morgan fingerprint density at radius 2 is 2.40 bits per heavy atom. The average molecular weight is 180 g/mol. The van der Waals surface area contributed by atoms with Gasteiger partial charge in [0.05, 0.1) is 0 Å². The molecule has 0 aliphatic carbocycles. The van der Waals surface area contributed by atoms with E-state index < -0.39 is 11.2 Å². The van der Waals surface area contributed by atoms with Gasteiger partial charge in [0.2, 0.25) is 0 Å². The highest BCUT2D eigenvalue weighted by molar-refractivity contribution is 7.99. The van der Waals surface area contributed by atoms with Crippen molar-refractivity contribution in [2.24, 2.45) is 0 Å². The molecule has 0 aromatic carbocycles. The Kier molecular flexibility index (Phi) is 6.02. The van der Waals surface area contributed by atoms with Crippen molar-refractivity contribution in [1.29, 1.82) is 0 Å². The first-order valence-corrected chi connectivity index (χ1v) is 4.84. The van der Waals surface area contributed by atoms with Gasteiger partial charge in [-0.15, -0.1) is 0 Å². The molecule has 4 heteroatoms. The highest BCUT2D eigenvalue weighted by atomic mass is 32.2. The number of carboxylic acid groups (broad SMARTS) is 1. The van der Waals surface area contributed by atoms with E-state index in [1.165, 1.54) is 0 Å². The monoisotopic (exact) mass is 180 g/mol. The van der Waals surface area contributed by atoms with Crippen LogP contribution in [0.2, 0.25) is 0 Å². The molecule has 10 heavy (non-hydrogen) atoms. The summed E-state index contributed by atoms with van der Waals surface area (Å²) in [5, 5.41) is 7.91. The lowest BCUT2D eigenvalue weighted by atomic mass is 10.3.